The number of aromatic nitrogens is 3. The zero-order valence-corrected chi connectivity index (χ0v) is 10.1. The molecule has 0 amide bonds. The van der Waals surface area contributed by atoms with E-state index in [4.69, 9.17) is 0 Å². The van der Waals surface area contributed by atoms with Gasteiger partial charge in [0.1, 0.15) is 11.3 Å². The fourth-order valence-corrected chi connectivity index (χ4v) is 3.03. The summed E-state index contributed by atoms with van der Waals surface area (Å²) < 4.78 is 22.5. The number of anilines is 1. The van der Waals surface area contributed by atoms with Gasteiger partial charge in [-0.1, -0.05) is 0 Å². The highest BCUT2D eigenvalue weighted by Gasteiger charge is 2.21. The molecule has 0 saturated heterocycles. The van der Waals surface area contributed by atoms with Gasteiger partial charge in [0.05, 0.1) is 11.8 Å². The number of hydrogen-bond donors (Lipinski definition) is 1. The molecule has 6 nitrogen and oxygen atoms in total. The standard InChI is InChI=1S/C11H10N4O2S/c16-18(17)6-3-8(7-18)14-10-2-1-9-11(15-10)13-5-4-12-9/h1-6,8H,7H2,(H,13,14,15). The summed E-state index contributed by atoms with van der Waals surface area (Å²) in [6, 6.07) is 3.32. The second-order valence-corrected chi connectivity index (χ2v) is 5.94. The van der Waals surface area contributed by atoms with Crippen LogP contribution < -0.4 is 5.32 Å². The Hall–Kier alpha value is -2.02. The molecule has 1 atom stereocenters. The maximum Gasteiger partial charge on any atom is 0.180 e. The lowest BCUT2D eigenvalue weighted by molar-refractivity contribution is 0.605. The van der Waals surface area contributed by atoms with E-state index in [2.05, 4.69) is 20.3 Å². The van der Waals surface area contributed by atoms with Crippen molar-refractivity contribution in [3.8, 4) is 0 Å². The molecule has 1 aliphatic rings. The van der Waals surface area contributed by atoms with Gasteiger partial charge in [-0.05, 0) is 18.2 Å². The number of nitrogens with one attached hydrogen (secondary N) is 1. The molecule has 0 radical (unpaired) electrons. The highest BCUT2D eigenvalue weighted by Crippen LogP contribution is 2.15. The van der Waals surface area contributed by atoms with E-state index in [1.165, 1.54) is 5.41 Å². The Balaban J connectivity index is 1.86. The molecular weight excluding hydrogens is 252 g/mol. The van der Waals surface area contributed by atoms with Gasteiger partial charge in [-0.2, -0.15) is 0 Å². The van der Waals surface area contributed by atoms with Crippen LogP contribution in [0, 0.1) is 0 Å². The first-order chi connectivity index (χ1) is 8.62. The summed E-state index contributed by atoms with van der Waals surface area (Å²) in [4.78, 5) is 12.5. The Labute approximate surface area is 104 Å². The van der Waals surface area contributed by atoms with Gasteiger partial charge in [-0.25, -0.2) is 18.4 Å². The molecule has 0 bridgehead atoms. The SMILES string of the molecule is O=S1(=O)C=CC(Nc2ccc3nccnc3n2)C1. The van der Waals surface area contributed by atoms with E-state index in [1.54, 1.807) is 30.6 Å². The monoisotopic (exact) mass is 262 g/mol. The molecule has 3 rings (SSSR count). The van der Waals surface area contributed by atoms with E-state index < -0.39 is 9.84 Å². The number of hydrogen-bond acceptors (Lipinski definition) is 6. The van der Waals surface area contributed by atoms with Gasteiger partial charge in [0, 0.05) is 17.8 Å². The first kappa shape index (κ1) is 11.1. The van der Waals surface area contributed by atoms with Crippen LogP contribution in [0.1, 0.15) is 0 Å². The third-order valence-electron chi connectivity index (χ3n) is 2.59. The maximum absolute atomic E-state index is 11.3. The summed E-state index contributed by atoms with van der Waals surface area (Å²) in [5, 5.41) is 4.27. The lowest BCUT2D eigenvalue weighted by Crippen LogP contribution is -2.21. The number of nitrogens with zero attached hydrogens (tertiary/aromatic N) is 3. The summed E-state index contributed by atoms with van der Waals surface area (Å²) in [6.07, 6.45) is 4.79. The van der Waals surface area contributed by atoms with Gasteiger partial charge in [0.2, 0.25) is 0 Å². The zero-order valence-electron chi connectivity index (χ0n) is 9.31. The Kier molecular flexibility index (Phi) is 2.48. The number of fused-ring (bicyclic) bond motifs is 1. The average Bonchev–Trinajstić information content (AvgIpc) is 2.68. The third-order valence-corrected chi connectivity index (χ3v) is 3.99. The smallest absolute Gasteiger partial charge is 0.180 e. The molecule has 7 heteroatoms. The second kappa shape index (κ2) is 4.02. The van der Waals surface area contributed by atoms with Crippen molar-refractivity contribution in [1.82, 2.24) is 15.0 Å². The molecule has 1 N–H and O–H groups in total. The normalized spacial score (nSPS) is 21.2. The van der Waals surface area contributed by atoms with Crippen LogP contribution in [0.15, 0.2) is 36.0 Å². The Morgan fingerprint density at radius 3 is 2.83 bits per heavy atom. The highest BCUT2D eigenvalue weighted by molar-refractivity contribution is 7.94. The van der Waals surface area contributed by atoms with Crippen molar-refractivity contribution in [2.24, 2.45) is 0 Å². The lowest BCUT2D eigenvalue weighted by atomic mass is 10.3. The van der Waals surface area contributed by atoms with E-state index in [0.29, 0.717) is 17.0 Å². The molecular formula is C11H10N4O2S. The number of pyridine rings is 1. The minimum Gasteiger partial charge on any atom is -0.363 e. The van der Waals surface area contributed by atoms with Crippen molar-refractivity contribution in [3.05, 3.63) is 36.0 Å². The fraction of sp³-hybridized carbons (Fsp3) is 0.182. The first-order valence-electron chi connectivity index (χ1n) is 5.38. The van der Waals surface area contributed by atoms with Crippen LogP contribution in [0.5, 0.6) is 0 Å². The molecule has 18 heavy (non-hydrogen) atoms. The lowest BCUT2D eigenvalue weighted by Gasteiger charge is -2.10. The van der Waals surface area contributed by atoms with Gasteiger partial charge < -0.3 is 5.32 Å². The minimum atomic E-state index is -3.06. The van der Waals surface area contributed by atoms with E-state index in [9.17, 15) is 8.42 Å². The van der Waals surface area contributed by atoms with Crippen molar-refractivity contribution < 1.29 is 8.42 Å². The molecule has 0 spiro atoms. The van der Waals surface area contributed by atoms with Gasteiger partial charge in [0.15, 0.2) is 15.5 Å². The van der Waals surface area contributed by atoms with Crippen LogP contribution in [0.25, 0.3) is 11.2 Å². The molecule has 1 unspecified atom stereocenters. The maximum atomic E-state index is 11.3. The Morgan fingerprint density at radius 2 is 2.06 bits per heavy atom. The van der Waals surface area contributed by atoms with Crippen molar-refractivity contribution >= 4 is 26.8 Å². The summed E-state index contributed by atoms with van der Waals surface area (Å²) in [6.45, 7) is 0. The number of sulfone groups is 1. The van der Waals surface area contributed by atoms with Crippen LogP contribution in [0.2, 0.25) is 0 Å². The molecule has 3 heterocycles. The van der Waals surface area contributed by atoms with E-state index in [0.717, 1.165) is 0 Å². The molecule has 2 aromatic rings. The van der Waals surface area contributed by atoms with E-state index in [-0.39, 0.29) is 11.8 Å². The van der Waals surface area contributed by atoms with Crippen LogP contribution in [-0.4, -0.2) is 35.2 Å². The van der Waals surface area contributed by atoms with Crippen molar-refractivity contribution in [2.75, 3.05) is 11.1 Å². The summed E-state index contributed by atoms with van der Waals surface area (Å²) in [5.74, 6) is 0.655. The summed E-state index contributed by atoms with van der Waals surface area (Å²) in [5.41, 5.74) is 1.24. The van der Waals surface area contributed by atoms with Crippen molar-refractivity contribution in [1.29, 1.82) is 0 Å². The van der Waals surface area contributed by atoms with Gasteiger partial charge in [-0.3, -0.25) is 4.98 Å². The van der Waals surface area contributed by atoms with Crippen LogP contribution in [-0.2, 0) is 9.84 Å². The number of rotatable bonds is 2. The van der Waals surface area contributed by atoms with Gasteiger partial charge >= 0.3 is 0 Å². The third kappa shape index (κ3) is 2.17. The molecule has 0 saturated carbocycles. The van der Waals surface area contributed by atoms with Crippen molar-refractivity contribution in [2.45, 2.75) is 6.04 Å². The first-order valence-corrected chi connectivity index (χ1v) is 7.09. The largest absolute Gasteiger partial charge is 0.363 e. The summed E-state index contributed by atoms with van der Waals surface area (Å²) in [7, 11) is -3.06. The highest BCUT2D eigenvalue weighted by atomic mass is 32.2. The Bertz CT molecular complexity index is 727. The molecule has 0 aliphatic carbocycles. The van der Waals surface area contributed by atoms with Gasteiger partial charge in [0.25, 0.3) is 0 Å². The predicted octanol–water partition coefficient (Wildman–Crippen LogP) is 0.747. The van der Waals surface area contributed by atoms with Crippen molar-refractivity contribution in [3.63, 3.8) is 0 Å². The average molecular weight is 262 g/mol. The van der Waals surface area contributed by atoms with Crippen LogP contribution in [0.3, 0.4) is 0 Å². The molecule has 2 aromatic heterocycles. The van der Waals surface area contributed by atoms with E-state index >= 15 is 0 Å². The topological polar surface area (TPSA) is 84.8 Å². The van der Waals surface area contributed by atoms with E-state index in [1.807, 2.05) is 0 Å². The molecule has 92 valence electrons. The summed E-state index contributed by atoms with van der Waals surface area (Å²) >= 11 is 0. The Morgan fingerprint density at radius 1 is 1.22 bits per heavy atom. The zero-order chi connectivity index (χ0) is 12.6. The predicted molar refractivity (Wildman–Crippen MR) is 67.7 cm³/mol. The quantitative estimate of drug-likeness (QED) is 0.859. The fourth-order valence-electron chi connectivity index (χ4n) is 1.79. The second-order valence-electron chi connectivity index (χ2n) is 4.00. The van der Waals surface area contributed by atoms with Crippen LogP contribution in [0.4, 0.5) is 5.82 Å². The van der Waals surface area contributed by atoms with Crippen LogP contribution >= 0.6 is 0 Å². The minimum absolute atomic E-state index is 0.0627. The molecule has 0 fully saturated rings. The molecule has 0 aromatic carbocycles. The van der Waals surface area contributed by atoms with Gasteiger partial charge in [-0.15, -0.1) is 0 Å². The molecule has 1 aliphatic heterocycles.